The minimum absolute atomic E-state index is 0.000464. The molecule has 0 amide bonds. The third-order valence-electron chi connectivity index (χ3n) is 8.34. The van der Waals surface area contributed by atoms with E-state index in [0.29, 0.717) is 11.1 Å². The van der Waals surface area contributed by atoms with Gasteiger partial charge in [0.2, 0.25) is 0 Å². The zero-order valence-electron chi connectivity index (χ0n) is 24.9. The van der Waals surface area contributed by atoms with Crippen molar-refractivity contribution in [2.75, 3.05) is 0 Å². The van der Waals surface area contributed by atoms with Gasteiger partial charge in [-0.1, -0.05) is 0 Å². The van der Waals surface area contributed by atoms with Crippen LogP contribution in [0.1, 0.15) is 28.1 Å². The van der Waals surface area contributed by atoms with E-state index in [-0.39, 0.29) is 91.1 Å². The Bertz CT molecular complexity index is 2570. The molecule has 14 heteroatoms. The molecule has 0 unspecified atom stereocenters. The average molecular weight is 659 g/mol. The quantitative estimate of drug-likeness (QED) is 0.169. The Morgan fingerprint density at radius 1 is 0.660 bits per heavy atom. The maximum atomic E-state index is 14.5. The summed E-state index contributed by atoms with van der Waals surface area (Å²) in [6.07, 6.45) is 2.35. The number of rotatable bonds is 2. The van der Waals surface area contributed by atoms with Crippen LogP contribution in [0.2, 0.25) is 0 Å². The van der Waals surface area contributed by atoms with Gasteiger partial charge in [0.1, 0.15) is 34.9 Å². The van der Waals surface area contributed by atoms with E-state index >= 15 is 0 Å². The molecule has 0 aliphatic heterocycles. The minimum atomic E-state index is -1.09. The topological polar surface area (TPSA) is 136 Å². The average Bonchev–Trinajstić information content (AvgIpc) is 3.67. The van der Waals surface area contributed by atoms with Crippen LogP contribution in [0.3, 0.4) is 0 Å². The van der Waals surface area contributed by atoms with E-state index in [1.807, 2.05) is 12.1 Å². The molecule has 0 fully saturated rings. The van der Waals surface area contributed by atoms with Crippen molar-refractivity contribution in [2.24, 2.45) is 0 Å². The number of hydrogen-bond donors (Lipinski definition) is 0. The fraction of sp³-hybridized carbons (Fsp3) is 0.0556. The first-order chi connectivity index (χ1) is 24.2. The van der Waals surface area contributed by atoms with Crippen LogP contribution in [0.25, 0.3) is 71.0 Å². The lowest BCUT2D eigenvalue weighted by Crippen LogP contribution is -2.26. The van der Waals surface area contributed by atoms with Crippen molar-refractivity contribution in [1.82, 2.24) is 19.9 Å². The van der Waals surface area contributed by atoms with Crippen molar-refractivity contribution in [1.29, 1.82) is 15.8 Å². The van der Waals surface area contributed by atoms with E-state index in [4.69, 9.17) is 25.0 Å². The molecule has 2 aliphatic rings. The largest absolute Gasteiger partial charge is 0.269 e. The molecule has 0 saturated heterocycles. The fourth-order valence-electron chi connectivity index (χ4n) is 6.31. The van der Waals surface area contributed by atoms with Gasteiger partial charge in [-0.25, -0.2) is 52.6 Å². The highest BCUT2D eigenvalue weighted by Crippen LogP contribution is 2.39. The standard InChI is InChI=1S/C36H10F4N10/c1-44-26(11-42)30-17-8-24-35(47-13-28(49-24)15-4-20(37)19(10-41)21(38)5-15)32(17)31(27(12-43)45-2)18-9-25-36(33(18)30)48-14-29(50-25)16-6-22(39)34(46-3)23(40)7-16/h4-7,13-14H,8-9H2/b30-26-,31-27+. The molecular weight excluding hydrogens is 648 g/mol. The van der Waals surface area contributed by atoms with Gasteiger partial charge in [-0.2, -0.15) is 5.26 Å². The summed E-state index contributed by atoms with van der Waals surface area (Å²) in [5.41, 5.74) is 0.0597. The van der Waals surface area contributed by atoms with E-state index in [1.165, 1.54) is 18.5 Å². The predicted molar refractivity (Wildman–Crippen MR) is 166 cm³/mol. The summed E-state index contributed by atoms with van der Waals surface area (Å²) in [4.78, 5) is 27.9. The molecule has 0 radical (unpaired) electrons. The Morgan fingerprint density at radius 3 is 1.44 bits per heavy atom. The molecule has 50 heavy (non-hydrogen) atoms. The summed E-state index contributed by atoms with van der Waals surface area (Å²) in [7, 11) is 0. The number of aromatic nitrogens is 4. The molecule has 2 heterocycles. The lowest BCUT2D eigenvalue weighted by molar-refractivity contribution is 0.577. The molecule has 5 aromatic rings. The van der Waals surface area contributed by atoms with Crippen LogP contribution in [0.5, 0.6) is 0 Å². The van der Waals surface area contributed by atoms with Gasteiger partial charge < -0.3 is 0 Å². The van der Waals surface area contributed by atoms with Crippen LogP contribution in [0.15, 0.2) is 36.7 Å². The van der Waals surface area contributed by atoms with Crippen molar-refractivity contribution < 1.29 is 17.6 Å². The third-order valence-corrected chi connectivity index (χ3v) is 8.34. The van der Waals surface area contributed by atoms with Crippen molar-refractivity contribution in [3.05, 3.63) is 133 Å². The third kappa shape index (κ3) is 4.43. The summed E-state index contributed by atoms with van der Waals surface area (Å²) >= 11 is 0. The SMILES string of the molecule is [C-]#[N+]/C(C#N)=c1/c2c(/c(=C(\C#N)[N+]#[C-])c3c1-c1ncc(-c4cc(F)c([N+]#[C-])c(F)c4)nc1C3)-c1ncc(-c3cc(F)c(C#N)c(F)c3)nc1C2. The van der Waals surface area contributed by atoms with Gasteiger partial charge in [0.25, 0.3) is 17.1 Å². The Balaban J connectivity index is 1.50. The van der Waals surface area contributed by atoms with Crippen LogP contribution in [0, 0.1) is 77.0 Å². The fourth-order valence-corrected chi connectivity index (χ4v) is 6.31. The van der Waals surface area contributed by atoms with Crippen molar-refractivity contribution in [3.63, 3.8) is 0 Å². The summed E-state index contributed by atoms with van der Waals surface area (Å²) in [6.45, 7) is 22.7. The normalized spacial score (nSPS) is 12.8. The van der Waals surface area contributed by atoms with Gasteiger partial charge in [0.15, 0.2) is 0 Å². The van der Waals surface area contributed by atoms with Gasteiger partial charge in [-0.3, -0.25) is 9.97 Å². The van der Waals surface area contributed by atoms with Gasteiger partial charge >= 0.3 is 0 Å². The van der Waals surface area contributed by atoms with Crippen LogP contribution in [-0.2, 0) is 12.8 Å². The number of benzene rings is 3. The highest BCUT2D eigenvalue weighted by atomic mass is 19.1. The molecule has 3 aromatic carbocycles. The van der Waals surface area contributed by atoms with Crippen LogP contribution in [0.4, 0.5) is 23.2 Å². The molecule has 2 aliphatic carbocycles. The smallest absolute Gasteiger partial charge is 0.252 e. The van der Waals surface area contributed by atoms with E-state index in [9.17, 15) is 28.1 Å². The maximum Gasteiger partial charge on any atom is 0.269 e. The van der Waals surface area contributed by atoms with Crippen molar-refractivity contribution in [3.8, 4) is 63.2 Å². The number of nitrogens with zero attached hydrogens (tertiary/aromatic N) is 10. The minimum Gasteiger partial charge on any atom is -0.252 e. The molecule has 10 nitrogen and oxygen atoms in total. The molecule has 232 valence electrons. The number of nitriles is 3. The molecule has 7 rings (SSSR count). The molecular formula is C36H10F4N10. The van der Waals surface area contributed by atoms with E-state index in [2.05, 4.69) is 34.5 Å². The predicted octanol–water partition coefficient (Wildman–Crippen LogP) is 5.82. The van der Waals surface area contributed by atoms with Crippen molar-refractivity contribution >= 4 is 17.1 Å². The second-order valence-electron chi connectivity index (χ2n) is 10.9. The highest BCUT2D eigenvalue weighted by molar-refractivity contribution is 5.90. The number of halogens is 4. The summed E-state index contributed by atoms with van der Waals surface area (Å²) in [5, 5.41) is 29.5. The first kappa shape index (κ1) is 30.9. The second-order valence-corrected chi connectivity index (χ2v) is 10.9. The van der Waals surface area contributed by atoms with Crippen LogP contribution < -0.4 is 10.4 Å². The molecule has 2 aromatic heterocycles. The molecule has 0 saturated carbocycles. The Labute approximate surface area is 278 Å². The molecule has 0 atom stereocenters. The van der Waals surface area contributed by atoms with Crippen LogP contribution >= 0.6 is 0 Å². The van der Waals surface area contributed by atoms with Gasteiger partial charge in [-0.05, 0) is 35.4 Å². The zero-order chi connectivity index (χ0) is 35.4. The lowest BCUT2D eigenvalue weighted by atomic mass is 9.92. The summed E-state index contributed by atoms with van der Waals surface area (Å²) in [5.74, 6) is -4.36. The van der Waals surface area contributed by atoms with Gasteiger partial charge in [-0.15, -0.1) is 0 Å². The van der Waals surface area contributed by atoms with Gasteiger partial charge in [0, 0.05) is 45.5 Å². The highest BCUT2D eigenvalue weighted by Gasteiger charge is 2.35. The van der Waals surface area contributed by atoms with E-state index in [1.54, 1.807) is 0 Å². The number of hydrogen-bond acceptors (Lipinski definition) is 7. The van der Waals surface area contributed by atoms with Crippen LogP contribution in [-0.4, -0.2) is 19.9 Å². The second kappa shape index (κ2) is 11.5. The first-order valence-corrected chi connectivity index (χ1v) is 14.2. The number of fused-ring (bicyclic) bond motifs is 6. The Morgan fingerprint density at radius 2 is 1.08 bits per heavy atom. The van der Waals surface area contributed by atoms with Gasteiger partial charge in [0.05, 0.1) is 78.4 Å². The van der Waals surface area contributed by atoms with E-state index in [0.717, 1.165) is 24.3 Å². The lowest BCUT2D eigenvalue weighted by Gasteiger charge is -2.12. The Kier molecular flexibility index (Phi) is 7.08. The molecule has 0 spiro atoms. The zero-order valence-corrected chi connectivity index (χ0v) is 24.9. The monoisotopic (exact) mass is 658 g/mol. The summed E-state index contributed by atoms with van der Waals surface area (Å²) in [6, 6.07) is 9.06. The van der Waals surface area contributed by atoms with Crippen molar-refractivity contribution in [2.45, 2.75) is 12.8 Å². The van der Waals surface area contributed by atoms with E-state index < -0.39 is 34.5 Å². The molecule has 0 N–H and O–H groups in total. The summed E-state index contributed by atoms with van der Waals surface area (Å²) < 4.78 is 57.9. The molecule has 0 bridgehead atoms. The Hall–Kier alpha value is -7.78. The first-order valence-electron chi connectivity index (χ1n) is 14.2. The maximum absolute atomic E-state index is 14.5.